The maximum atomic E-state index is 12.7. The molecule has 34 heavy (non-hydrogen) atoms. The zero-order valence-electron chi connectivity index (χ0n) is 18.9. The number of amides is 1. The van der Waals surface area contributed by atoms with Gasteiger partial charge < -0.3 is 20.0 Å². The molecular formula is C25H28N2O5S2. The SMILES string of the molecule is CN1CCN(C(=O)CSC2c3ccccc3CSc3ccccc32)CC1.O=C(O)/C=C/C(=O)O. The van der Waals surface area contributed by atoms with E-state index in [4.69, 9.17) is 10.2 Å². The summed E-state index contributed by atoms with van der Waals surface area (Å²) in [6.45, 7) is 3.65. The molecule has 1 atom stereocenters. The van der Waals surface area contributed by atoms with E-state index in [0.29, 0.717) is 17.9 Å². The maximum absolute atomic E-state index is 12.7. The zero-order valence-corrected chi connectivity index (χ0v) is 20.6. The van der Waals surface area contributed by atoms with Crippen molar-refractivity contribution in [2.45, 2.75) is 15.9 Å². The van der Waals surface area contributed by atoms with Gasteiger partial charge in [-0.05, 0) is 29.8 Å². The van der Waals surface area contributed by atoms with Crippen molar-refractivity contribution in [3.8, 4) is 0 Å². The van der Waals surface area contributed by atoms with Crippen LogP contribution in [0.2, 0.25) is 0 Å². The van der Waals surface area contributed by atoms with E-state index in [9.17, 15) is 14.4 Å². The van der Waals surface area contributed by atoms with Gasteiger partial charge in [0, 0.05) is 49.0 Å². The number of carboxylic acids is 2. The Kier molecular flexibility index (Phi) is 9.62. The van der Waals surface area contributed by atoms with Gasteiger partial charge in [-0.1, -0.05) is 42.5 Å². The van der Waals surface area contributed by atoms with Crippen LogP contribution >= 0.6 is 23.5 Å². The molecule has 2 aliphatic heterocycles. The number of carbonyl (C=O) groups excluding carboxylic acids is 1. The number of rotatable bonds is 5. The lowest BCUT2D eigenvalue weighted by molar-refractivity contribution is -0.134. The number of carbonyl (C=O) groups is 3. The van der Waals surface area contributed by atoms with Crippen LogP contribution in [0.3, 0.4) is 0 Å². The lowest BCUT2D eigenvalue weighted by Gasteiger charge is -2.32. The first-order valence-corrected chi connectivity index (χ1v) is 12.9. The summed E-state index contributed by atoms with van der Waals surface area (Å²) in [5.74, 6) is -0.701. The summed E-state index contributed by atoms with van der Waals surface area (Å²) in [7, 11) is 2.12. The summed E-state index contributed by atoms with van der Waals surface area (Å²) in [6.07, 6.45) is 1.12. The average Bonchev–Trinajstić information content (AvgIpc) is 2.99. The van der Waals surface area contributed by atoms with Gasteiger partial charge in [-0.2, -0.15) is 0 Å². The normalized spacial score (nSPS) is 17.7. The van der Waals surface area contributed by atoms with Crippen molar-refractivity contribution < 1.29 is 24.6 Å². The fourth-order valence-corrected chi connectivity index (χ4v) is 6.16. The van der Waals surface area contributed by atoms with Crippen LogP contribution in [0.4, 0.5) is 0 Å². The van der Waals surface area contributed by atoms with Crippen molar-refractivity contribution in [3.63, 3.8) is 0 Å². The van der Waals surface area contributed by atoms with Crippen LogP contribution in [-0.2, 0) is 20.1 Å². The molecule has 0 bridgehead atoms. The number of hydrogen-bond acceptors (Lipinski definition) is 6. The molecular weight excluding hydrogens is 472 g/mol. The highest BCUT2D eigenvalue weighted by atomic mass is 32.2. The highest BCUT2D eigenvalue weighted by Gasteiger charge is 2.26. The fraction of sp³-hybridized carbons (Fsp3) is 0.320. The second-order valence-electron chi connectivity index (χ2n) is 7.91. The van der Waals surface area contributed by atoms with E-state index in [2.05, 4.69) is 60.5 Å². The highest BCUT2D eigenvalue weighted by molar-refractivity contribution is 8.00. The molecule has 2 aromatic rings. The number of thioether (sulfide) groups is 2. The van der Waals surface area contributed by atoms with Crippen molar-refractivity contribution in [1.29, 1.82) is 0 Å². The highest BCUT2D eigenvalue weighted by Crippen LogP contribution is 2.45. The molecule has 7 nitrogen and oxygen atoms in total. The van der Waals surface area contributed by atoms with Crippen molar-refractivity contribution in [1.82, 2.24) is 9.80 Å². The number of carboxylic acid groups (broad SMARTS) is 2. The van der Waals surface area contributed by atoms with Gasteiger partial charge in [-0.3, -0.25) is 4.79 Å². The minimum absolute atomic E-state index is 0.230. The molecule has 2 aliphatic rings. The van der Waals surface area contributed by atoms with Crippen molar-refractivity contribution in [2.24, 2.45) is 0 Å². The molecule has 2 aromatic carbocycles. The third kappa shape index (κ3) is 7.38. The minimum atomic E-state index is -1.26. The van der Waals surface area contributed by atoms with Crippen LogP contribution in [0, 0.1) is 0 Å². The summed E-state index contributed by atoms with van der Waals surface area (Å²) in [4.78, 5) is 37.5. The van der Waals surface area contributed by atoms with Crippen LogP contribution in [0.15, 0.2) is 65.6 Å². The van der Waals surface area contributed by atoms with Gasteiger partial charge in [0.25, 0.3) is 0 Å². The van der Waals surface area contributed by atoms with Gasteiger partial charge in [0.15, 0.2) is 0 Å². The van der Waals surface area contributed by atoms with Gasteiger partial charge in [-0.25, -0.2) is 9.59 Å². The second-order valence-corrected chi connectivity index (χ2v) is 10.0. The smallest absolute Gasteiger partial charge is 0.328 e. The fourth-order valence-electron chi connectivity index (χ4n) is 3.70. The average molecular weight is 501 g/mol. The van der Waals surface area contributed by atoms with Gasteiger partial charge in [0.2, 0.25) is 5.91 Å². The Hall–Kier alpha value is -2.75. The molecule has 0 spiro atoms. The molecule has 9 heteroatoms. The van der Waals surface area contributed by atoms with E-state index in [1.807, 2.05) is 16.7 Å². The lowest BCUT2D eigenvalue weighted by Crippen LogP contribution is -2.47. The Bertz CT molecular complexity index is 988. The number of piperazine rings is 1. The summed E-state index contributed by atoms with van der Waals surface area (Å²) in [5, 5.41) is 15.9. The minimum Gasteiger partial charge on any atom is -0.478 e. The van der Waals surface area contributed by atoms with E-state index >= 15 is 0 Å². The Labute approximate surface area is 207 Å². The van der Waals surface area contributed by atoms with Crippen LogP contribution < -0.4 is 0 Å². The molecule has 1 amide bonds. The van der Waals surface area contributed by atoms with Crippen LogP contribution in [0.5, 0.6) is 0 Å². The van der Waals surface area contributed by atoms with Gasteiger partial charge >= 0.3 is 11.9 Å². The predicted octanol–water partition coefficient (Wildman–Crippen LogP) is 3.60. The number of nitrogens with zero attached hydrogens (tertiary/aromatic N) is 2. The molecule has 180 valence electrons. The van der Waals surface area contributed by atoms with Gasteiger partial charge in [0.1, 0.15) is 0 Å². The monoisotopic (exact) mass is 500 g/mol. The largest absolute Gasteiger partial charge is 0.478 e. The molecule has 0 radical (unpaired) electrons. The van der Waals surface area contributed by atoms with E-state index < -0.39 is 11.9 Å². The number of aliphatic carboxylic acids is 2. The number of likely N-dealkylation sites (N-methyl/N-ethyl adjacent to an activating group) is 1. The molecule has 0 aliphatic carbocycles. The number of fused-ring (bicyclic) bond motifs is 2. The zero-order chi connectivity index (χ0) is 24.5. The Balaban J connectivity index is 0.000000350. The molecule has 2 heterocycles. The van der Waals surface area contributed by atoms with Crippen LogP contribution in [-0.4, -0.2) is 76.8 Å². The topological polar surface area (TPSA) is 98.2 Å². The number of hydrogen-bond donors (Lipinski definition) is 2. The lowest BCUT2D eigenvalue weighted by atomic mass is 10.0. The quantitative estimate of drug-likeness (QED) is 0.601. The molecule has 1 unspecified atom stereocenters. The molecule has 1 saturated heterocycles. The van der Waals surface area contributed by atoms with E-state index in [1.54, 1.807) is 11.8 Å². The predicted molar refractivity (Wildman–Crippen MR) is 135 cm³/mol. The Morgan fingerprint density at radius 1 is 0.941 bits per heavy atom. The Morgan fingerprint density at radius 3 is 2.18 bits per heavy atom. The second kappa shape index (κ2) is 12.6. The summed E-state index contributed by atoms with van der Waals surface area (Å²) in [6, 6.07) is 17.4. The van der Waals surface area contributed by atoms with Gasteiger partial charge in [-0.15, -0.1) is 23.5 Å². The van der Waals surface area contributed by atoms with Gasteiger partial charge in [0.05, 0.1) is 11.0 Å². The van der Waals surface area contributed by atoms with Crippen molar-refractivity contribution in [2.75, 3.05) is 39.0 Å². The standard InChI is InChI=1S/C21H24N2OS2.C4H4O4/c1-22-10-12-23(13-11-22)20(24)15-26-21-17-7-3-2-6-16(17)14-25-19-9-5-4-8-18(19)21;5-3(6)1-2-4(7)8/h2-9,21H,10-15H2,1H3;1-2H,(H,5,6)(H,7,8)/b;2-1+. The first kappa shape index (κ1) is 25.9. The number of benzene rings is 2. The third-order valence-electron chi connectivity index (χ3n) is 5.52. The van der Waals surface area contributed by atoms with E-state index in [-0.39, 0.29) is 11.2 Å². The molecule has 0 saturated carbocycles. The first-order chi connectivity index (χ1) is 16.3. The summed E-state index contributed by atoms with van der Waals surface area (Å²) in [5.41, 5.74) is 4.10. The third-order valence-corrected chi connectivity index (χ3v) is 7.91. The van der Waals surface area contributed by atoms with Crippen LogP contribution in [0.1, 0.15) is 21.9 Å². The molecule has 0 aromatic heterocycles. The summed E-state index contributed by atoms with van der Waals surface area (Å²) < 4.78 is 0. The van der Waals surface area contributed by atoms with E-state index in [0.717, 1.165) is 31.9 Å². The molecule has 2 N–H and O–H groups in total. The van der Waals surface area contributed by atoms with E-state index in [1.165, 1.54) is 21.6 Å². The molecule has 1 fully saturated rings. The Morgan fingerprint density at radius 2 is 1.53 bits per heavy atom. The summed E-state index contributed by atoms with van der Waals surface area (Å²) >= 11 is 3.68. The first-order valence-electron chi connectivity index (χ1n) is 10.9. The van der Waals surface area contributed by atoms with Crippen molar-refractivity contribution in [3.05, 3.63) is 77.4 Å². The molecule has 4 rings (SSSR count). The van der Waals surface area contributed by atoms with Crippen LogP contribution in [0.25, 0.3) is 0 Å². The van der Waals surface area contributed by atoms with Crippen molar-refractivity contribution >= 4 is 41.4 Å². The maximum Gasteiger partial charge on any atom is 0.328 e.